The Morgan fingerprint density at radius 3 is 2.79 bits per heavy atom. The molecular weight excluding hydrogens is 178 g/mol. The predicted octanol–water partition coefficient (Wildman–Crippen LogP) is 0.956. The first-order valence-corrected chi connectivity index (χ1v) is 4.44. The number of anilines is 1. The van der Waals surface area contributed by atoms with Crippen LogP contribution in [0.15, 0.2) is 18.6 Å². The van der Waals surface area contributed by atoms with Crippen molar-refractivity contribution in [2.75, 3.05) is 12.4 Å². The van der Waals surface area contributed by atoms with Gasteiger partial charge in [0.05, 0.1) is 11.4 Å². The number of aryl methyl sites for hydroxylation is 2. The van der Waals surface area contributed by atoms with Crippen LogP contribution in [0.25, 0.3) is 5.69 Å². The molecule has 74 valence electrons. The van der Waals surface area contributed by atoms with Crippen molar-refractivity contribution in [3.05, 3.63) is 24.3 Å². The van der Waals surface area contributed by atoms with E-state index in [4.69, 9.17) is 0 Å². The summed E-state index contributed by atoms with van der Waals surface area (Å²) in [6.45, 7) is 1.98. The van der Waals surface area contributed by atoms with E-state index in [0.29, 0.717) is 0 Å². The third-order valence-corrected chi connectivity index (χ3v) is 2.11. The lowest BCUT2D eigenvalue weighted by atomic mass is 10.4. The number of nitrogens with zero attached hydrogens (tertiary/aromatic N) is 4. The Balaban J connectivity index is 2.53. The molecule has 5 nitrogen and oxygen atoms in total. The number of rotatable bonds is 2. The zero-order valence-corrected chi connectivity index (χ0v) is 8.52. The van der Waals surface area contributed by atoms with Crippen LogP contribution in [-0.2, 0) is 7.05 Å². The fraction of sp³-hybridized carbons (Fsp3) is 0.333. The minimum absolute atomic E-state index is 0.820. The maximum atomic E-state index is 4.28. The second-order valence-corrected chi connectivity index (χ2v) is 3.14. The van der Waals surface area contributed by atoms with E-state index in [9.17, 15) is 0 Å². The standard InChI is InChI=1S/C9H13N5/c1-7-8(6-13(3)12-7)14-5-4-11-9(14)10-2/h4-6H,1-3H3,(H,10,11). The summed E-state index contributed by atoms with van der Waals surface area (Å²) < 4.78 is 3.77. The van der Waals surface area contributed by atoms with Crippen molar-refractivity contribution in [3.8, 4) is 5.69 Å². The highest BCUT2D eigenvalue weighted by atomic mass is 15.3. The second-order valence-electron chi connectivity index (χ2n) is 3.14. The second kappa shape index (κ2) is 3.17. The van der Waals surface area contributed by atoms with Crippen LogP contribution in [0.4, 0.5) is 5.95 Å². The van der Waals surface area contributed by atoms with Gasteiger partial charge in [-0.3, -0.25) is 9.25 Å². The maximum absolute atomic E-state index is 4.28. The maximum Gasteiger partial charge on any atom is 0.207 e. The summed E-state index contributed by atoms with van der Waals surface area (Å²) in [5.41, 5.74) is 2.04. The molecule has 2 aromatic rings. The smallest absolute Gasteiger partial charge is 0.207 e. The normalized spacial score (nSPS) is 10.5. The van der Waals surface area contributed by atoms with E-state index in [2.05, 4.69) is 15.4 Å². The van der Waals surface area contributed by atoms with Gasteiger partial charge in [-0.25, -0.2) is 4.98 Å². The molecule has 0 saturated heterocycles. The van der Waals surface area contributed by atoms with E-state index in [0.717, 1.165) is 17.3 Å². The van der Waals surface area contributed by atoms with Crippen molar-refractivity contribution in [3.63, 3.8) is 0 Å². The molecule has 14 heavy (non-hydrogen) atoms. The summed E-state index contributed by atoms with van der Waals surface area (Å²) >= 11 is 0. The van der Waals surface area contributed by atoms with Gasteiger partial charge in [-0.15, -0.1) is 0 Å². The zero-order valence-electron chi connectivity index (χ0n) is 8.52. The molecule has 0 saturated carbocycles. The highest BCUT2D eigenvalue weighted by Gasteiger charge is 2.08. The van der Waals surface area contributed by atoms with Gasteiger partial charge in [-0.1, -0.05) is 0 Å². The number of nitrogens with one attached hydrogen (secondary N) is 1. The molecule has 2 aromatic heterocycles. The van der Waals surface area contributed by atoms with Crippen LogP contribution >= 0.6 is 0 Å². The molecule has 2 rings (SSSR count). The molecule has 0 radical (unpaired) electrons. The monoisotopic (exact) mass is 191 g/mol. The van der Waals surface area contributed by atoms with E-state index in [1.54, 1.807) is 10.9 Å². The molecule has 0 bridgehead atoms. The predicted molar refractivity (Wildman–Crippen MR) is 54.6 cm³/mol. The summed E-state index contributed by atoms with van der Waals surface area (Å²) in [6, 6.07) is 0. The summed E-state index contributed by atoms with van der Waals surface area (Å²) in [6.07, 6.45) is 5.64. The minimum atomic E-state index is 0.820. The van der Waals surface area contributed by atoms with Crippen molar-refractivity contribution in [1.82, 2.24) is 19.3 Å². The summed E-state index contributed by atoms with van der Waals surface area (Å²) in [5.74, 6) is 0.820. The van der Waals surface area contributed by atoms with Crippen LogP contribution in [0.3, 0.4) is 0 Å². The third-order valence-electron chi connectivity index (χ3n) is 2.11. The number of imidazole rings is 1. The van der Waals surface area contributed by atoms with Gasteiger partial charge in [0.15, 0.2) is 0 Å². The van der Waals surface area contributed by atoms with Crippen molar-refractivity contribution in [2.24, 2.45) is 7.05 Å². The highest BCUT2D eigenvalue weighted by molar-refractivity contribution is 5.42. The van der Waals surface area contributed by atoms with Crippen molar-refractivity contribution in [2.45, 2.75) is 6.92 Å². The molecule has 2 heterocycles. The Kier molecular flexibility index (Phi) is 1.99. The molecule has 0 aliphatic heterocycles. The first-order chi connectivity index (χ1) is 6.72. The zero-order chi connectivity index (χ0) is 10.1. The van der Waals surface area contributed by atoms with Crippen LogP contribution in [0.2, 0.25) is 0 Å². The number of hydrogen-bond acceptors (Lipinski definition) is 3. The highest BCUT2D eigenvalue weighted by Crippen LogP contribution is 2.16. The van der Waals surface area contributed by atoms with Crippen molar-refractivity contribution < 1.29 is 0 Å². The summed E-state index contributed by atoms with van der Waals surface area (Å²) in [5, 5.41) is 7.31. The topological polar surface area (TPSA) is 47.7 Å². The van der Waals surface area contributed by atoms with Gasteiger partial charge in [0.1, 0.15) is 0 Å². The SMILES string of the molecule is CNc1nccn1-c1cn(C)nc1C. The van der Waals surface area contributed by atoms with Crippen LogP contribution in [-0.4, -0.2) is 26.4 Å². The van der Waals surface area contributed by atoms with Gasteiger partial charge in [-0.05, 0) is 6.92 Å². The molecule has 0 aliphatic rings. The Hall–Kier alpha value is -1.78. The summed E-state index contributed by atoms with van der Waals surface area (Å²) in [7, 11) is 3.76. The van der Waals surface area contributed by atoms with Crippen LogP contribution in [0.1, 0.15) is 5.69 Å². The van der Waals surface area contributed by atoms with Gasteiger partial charge in [0.25, 0.3) is 0 Å². The Labute approximate surface area is 82.4 Å². The van der Waals surface area contributed by atoms with Crippen LogP contribution in [0, 0.1) is 6.92 Å². The average Bonchev–Trinajstić information content (AvgIpc) is 2.71. The van der Waals surface area contributed by atoms with Crippen molar-refractivity contribution in [1.29, 1.82) is 0 Å². The molecule has 0 amide bonds. The molecule has 0 aliphatic carbocycles. The van der Waals surface area contributed by atoms with Gasteiger partial charge < -0.3 is 5.32 Å². The minimum Gasteiger partial charge on any atom is -0.358 e. The van der Waals surface area contributed by atoms with E-state index < -0.39 is 0 Å². The first-order valence-electron chi connectivity index (χ1n) is 4.44. The fourth-order valence-corrected chi connectivity index (χ4v) is 1.51. The molecule has 0 aromatic carbocycles. The van der Waals surface area contributed by atoms with Gasteiger partial charge in [-0.2, -0.15) is 5.10 Å². The third kappa shape index (κ3) is 1.26. The fourth-order valence-electron chi connectivity index (χ4n) is 1.51. The first kappa shape index (κ1) is 8.80. The molecular formula is C9H13N5. The molecule has 0 spiro atoms. The molecule has 0 fully saturated rings. The van der Waals surface area contributed by atoms with E-state index in [1.165, 1.54) is 0 Å². The summed E-state index contributed by atoms with van der Waals surface area (Å²) in [4.78, 5) is 4.18. The van der Waals surface area contributed by atoms with Crippen LogP contribution in [0.5, 0.6) is 0 Å². The van der Waals surface area contributed by atoms with Gasteiger partial charge >= 0.3 is 0 Å². The lowest BCUT2D eigenvalue weighted by Crippen LogP contribution is -2.00. The largest absolute Gasteiger partial charge is 0.358 e. The van der Waals surface area contributed by atoms with E-state index >= 15 is 0 Å². The van der Waals surface area contributed by atoms with Gasteiger partial charge in [0.2, 0.25) is 5.95 Å². The van der Waals surface area contributed by atoms with E-state index in [-0.39, 0.29) is 0 Å². The molecule has 0 atom stereocenters. The Morgan fingerprint density at radius 2 is 2.21 bits per heavy atom. The lowest BCUT2D eigenvalue weighted by molar-refractivity contribution is 0.756. The molecule has 5 heteroatoms. The number of aromatic nitrogens is 4. The molecule has 0 unspecified atom stereocenters. The Bertz CT molecular complexity index is 440. The number of hydrogen-bond donors (Lipinski definition) is 1. The van der Waals surface area contributed by atoms with Crippen molar-refractivity contribution >= 4 is 5.95 Å². The van der Waals surface area contributed by atoms with Gasteiger partial charge in [0, 0.05) is 32.7 Å². The Morgan fingerprint density at radius 1 is 1.43 bits per heavy atom. The lowest BCUT2D eigenvalue weighted by Gasteiger charge is -2.04. The quantitative estimate of drug-likeness (QED) is 0.769. The van der Waals surface area contributed by atoms with E-state index in [1.807, 2.05) is 38.0 Å². The molecule has 1 N–H and O–H groups in total. The van der Waals surface area contributed by atoms with Crippen LogP contribution < -0.4 is 5.32 Å². The average molecular weight is 191 g/mol.